The first kappa shape index (κ1) is 11.6. The molecule has 1 aromatic carbocycles. The average Bonchev–Trinajstić information content (AvgIpc) is 2.81. The summed E-state index contributed by atoms with van der Waals surface area (Å²) in [5.41, 5.74) is 3.76. The maximum atomic E-state index is 5.12. The number of rotatable bonds is 3. The topological polar surface area (TPSA) is 63.8 Å². The lowest BCUT2D eigenvalue weighted by Crippen LogP contribution is -2.02. The summed E-state index contributed by atoms with van der Waals surface area (Å²) in [5, 5.41) is 8.05. The fraction of sp³-hybridized carbons (Fsp3) is 0.214. The minimum Gasteiger partial charge on any atom is -0.365 e. The van der Waals surface area contributed by atoms with E-state index in [0.717, 1.165) is 16.9 Å². The Morgan fingerprint density at radius 2 is 1.89 bits per heavy atom. The van der Waals surface area contributed by atoms with Crippen molar-refractivity contribution in [1.29, 1.82) is 0 Å². The first-order chi connectivity index (χ1) is 9.24. The minimum atomic E-state index is 0.513. The number of nitrogens with zero attached hydrogens (tertiary/aromatic N) is 3. The van der Waals surface area contributed by atoms with Crippen LogP contribution >= 0.6 is 0 Å². The van der Waals surface area contributed by atoms with Gasteiger partial charge in [-0.15, -0.1) is 0 Å². The molecule has 0 aliphatic carbocycles. The number of anilines is 1. The molecule has 0 bridgehead atoms. The first-order valence-corrected chi connectivity index (χ1v) is 6.10. The van der Waals surface area contributed by atoms with Gasteiger partial charge in [0.15, 0.2) is 0 Å². The van der Waals surface area contributed by atoms with Crippen LogP contribution in [0.5, 0.6) is 0 Å². The third kappa shape index (κ3) is 2.27. The minimum absolute atomic E-state index is 0.513. The number of benzene rings is 1. The zero-order valence-corrected chi connectivity index (χ0v) is 10.8. The van der Waals surface area contributed by atoms with Gasteiger partial charge in [-0.2, -0.15) is 4.98 Å². The summed E-state index contributed by atoms with van der Waals surface area (Å²) in [5.74, 6) is 0.754. The van der Waals surface area contributed by atoms with Gasteiger partial charge >= 0.3 is 0 Å². The zero-order chi connectivity index (χ0) is 13.2. The van der Waals surface area contributed by atoms with Crippen LogP contribution in [-0.2, 0) is 6.54 Å². The molecule has 2 aromatic heterocycles. The quantitative estimate of drug-likeness (QED) is 0.778. The smallest absolute Gasteiger partial charge is 0.263 e. The van der Waals surface area contributed by atoms with Gasteiger partial charge in [0.05, 0.1) is 5.69 Å². The van der Waals surface area contributed by atoms with Crippen LogP contribution in [0.2, 0.25) is 0 Å². The summed E-state index contributed by atoms with van der Waals surface area (Å²) < 4.78 is 5.12. The number of hydrogen-bond donors (Lipinski definition) is 1. The Kier molecular flexibility index (Phi) is 2.87. The SMILES string of the molecule is Cc1ccc(CNc2ncnc3onc(C)c23)cc1. The highest BCUT2D eigenvalue weighted by atomic mass is 16.5. The molecule has 0 spiro atoms. The van der Waals surface area contributed by atoms with Crippen molar-refractivity contribution in [2.24, 2.45) is 0 Å². The summed E-state index contributed by atoms with van der Waals surface area (Å²) in [6.45, 7) is 4.66. The van der Waals surface area contributed by atoms with Crippen molar-refractivity contribution in [1.82, 2.24) is 15.1 Å². The third-order valence-corrected chi connectivity index (χ3v) is 3.02. The Hall–Kier alpha value is -2.43. The molecule has 0 atom stereocenters. The van der Waals surface area contributed by atoms with Gasteiger partial charge in [-0.3, -0.25) is 0 Å². The van der Waals surface area contributed by atoms with E-state index >= 15 is 0 Å². The molecule has 3 aromatic rings. The van der Waals surface area contributed by atoms with Crippen LogP contribution in [0, 0.1) is 13.8 Å². The van der Waals surface area contributed by atoms with E-state index in [-0.39, 0.29) is 0 Å². The maximum Gasteiger partial charge on any atom is 0.263 e. The summed E-state index contributed by atoms with van der Waals surface area (Å²) >= 11 is 0. The van der Waals surface area contributed by atoms with E-state index in [4.69, 9.17) is 4.52 Å². The van der Waals surface area contributed by atoms with Crippen molar-refractivity contribution >= 4 is 16.9 Å². The second-order valence-corrected chi connectivity index (χ2v) is 4.51. The van der Waals surface area contributed by atoms with Gasteiger partial charge in [-0.1, -0.05) is 35.0 Å². The number of nitrogens with one attached hydrogen (secondary N) is 1. The molecule has 0 radical (unpaired) electrons. The Balaban J connectivity index is 1.85. The Morgan fingerprint density at radius 3 is 2.68 bits per heavy atom. The van der Waals surface area contributed by atoms with Gasteiger partial charge in [0.1, 0.15) is 17.5 Å². The number of hydrogen-bond acceptors (Lipinski definition) is 5. The highest BCUT2D eigenvalue weighted by molar-refractivity contribution is 5.87. The maximum absolute atomic E-state index is 5.12. The lowest BCUT2D eigenvalue weighted by molar-refractivity contribution is 0.442. The fourth-order valence-corrected chi connectivity index (χ4v) is 1.95. The van der Waals surface area contributed by atoms with Gasteiger partial charge < -0.3 is 9.84 Å². The average molecular weight is 254 g/mol. The van der Waals surface area contributed by atoms with E-state index in [1.807, 2.05) is 6.92 Å². The first-order valence-electron chi connectivity index (χ1n) is 6.10. The molecule has 0 fully saturated rings. The van der Waals surface area contributed by atoms with Crippen LogP contribution in [0.3, 0.4) is 0 Å². The van der Waals surface area contributed by atoms with Crippen LogP contribution in [0.1, 0.15) is 16.8 Å². The molecule has 0 amide bonds. The highest BCUT2D eigenvalue weighted by Crippen LogP contribution is 2.22. The van der Waals surface area contributed by atoms with E-state index in [1.165, 1.54) is 17.5 Å². The molecule has 1 N–H and O–H groups in total. The molecule has 19 heavy (non-hydrogen) atoms. The molecule has 5 heteroatoms. The normalized spacial score (nSPS) is 10.8. The largest absolute Gasteiger partial charge is 0.365 e. The molecular formula is C14H14N4O. The molecule has 0 saturated heterocycles. The monoisotopic (exact) mass is 254 g/mol. The molecular weight excluding hydrogens is 240 g/mol. The van der Waals surface area contributed by atoms with Crippen molar-refractivity contribution in [3.05, 3.63) is 47.4 Å². The van der Waals surface area contributed by atoms with Gasteiger partial charge in [0.25, 0.3) is 5.71 Å². The summed E-state index contributed by atoms with van der Waals surface area (Å²) in [7, 11) is 0. The third-order valence-electron chi connectivity index (χ3n) is 3.02. The van der Waals surface area contributed by atoms with Crippen molar-refractivity contribution in [2.45, 2.75) is 20.4 Å². The number of fused-ring (bicyclic) bond motifs is 1. The van der Waals surface area contributed by atoms with Crippen LogP contribution in [0.25, 0.3) is 11.1 Å². The Labute approximate surface area is 110 Å². The van der Waals surface area contributed by atoms with Crippen LogP contribution in [-0.4, -0.2) is 15.1 Å². The molecule has 2 heterocycles. The van der Waals surface area contributed by atoms with Crippen molar-refractivity contribution < 1.29 is 4.52 Å². The van der Waals surface area contributed by atoms with Gasteiger partial charge in [0.2, 0.25) is 0 Å². The van der Waals surface area contributed by atoms with Crippen molar-refractivity contribution in [3.8, 4) is 0 Å². The number of aromatic nitrogens is 3. The van der Waals surface area contributed by atoms with Crippen LogP contribution in [0.15, 0.2) is 35.1 Å². The van der Waals surface area contributed by atoms with Gasteiger partial charge in [0, 0.05) is 6.54 Å². The molecule has 0 unspecified atom stereocenters. The standard InChI is InChI=1S/C14H14N4O/c1-9-3-5-11(6-4-9)7-15-13-12-10(2)18-19-14(12)17-8-16-13/h3-6,8H,7H2,1-2H3,(H,15,16,17). The fourth-order valence-electron chi connectivity index (χ4n) is 1.95. The van der Waals surface area contributed by atoms with Crippen molar-refractivity contribution in [3.63, 3.8) is 0 Å². The van der Waals surface area contributed by atoms with Crippen LogP contribution in [0.4, 0.5) is 5.82 Å². The predicted octanol–water partition coefficient (Wildman–Crippen LogP) is 2.85. The molecule has 0 aliphatic rings. The highest BCUT2D eigenvalue weighted by Gasteiger charge is 2.11. The Bertz CT molecular complexity index is 703. The van der Waals surface area contributed by atoms with Gasteiger partial charge in [-0.25, -0.2) is 4.98 Å². The van der Waals surface area contributed by atoms with Crippen LogP contribution < -0.4 is 5.32 Å². The lowest BCUT2D eigenvalue weighted by Gasteiger charge is -2.06. The van der Waals surface area contributed by atoms with E-state index in [9.17, 15) is 0 Å². The second kappa shape index (κ2) is 4.68. The molecule has 5 nitrogen and oxygen atoms in total. The van der Waals surface area contributed by atoms with Crippen molar-refractivity contribution in [2.75, 3.05) is 5.32 Å². The molecule has 3 rings (SSSR count). The van der Waals surface area contributed by atoms with Gasteiger partial charge in [-0.05, 0) is 19.4 Å². The van der Waals surface area contributed by atoms with E-state index in [1.54, 1.807) is 0 Å². The number of aryl methyl sites for hydroxylation is 2. The Morgan fingerprint density at radius 1 is 1.11 bits per heavy atom. The summed E-state index contributed by atoms with van der Waals surface area (Å²) in [4.78, 5) is 8.30. The molecule has 0 aliphatic heterocycles. The molecule has 96 valence electrons. The molecule has 0 saturated carbocycles. The second-order valence-electron chi connectivity index (χ2n) is 4.51. The lowest BCUT2D eigenvalue weighted by atomic mass is 10.1. The van der Waals surface area contributed by atoms with E-state index < -0.39 is 0 Å². The van der Waals surface area contributed by atoms with E-state index in [0.29, 0.717) is 12.3 Å². The summed E-state index contributed by atoms with van der Waals surface area (Å²) in [6, 6.07) is 8.39. The zero-order valence-electron chi connectivity index (χ0n) is 10.8. The predicted molar refractivity (Wildman–Crippen MR) is 72.8 cm³/mol. The summed E-state index contributed by atoms with van der Waals surface area (Å²) in [6.07, 6.45) is 1.48. The van der Waals surface area contributed by atoms with E-state index in [2.05, 4.69) is 51.6 Å².